The molecule has 0 spiro atoms. The normalized spacial score (nSPS) is 11.1. The van der Waals surface area contributed by atoms with Crippen LogP contribution in [0.2, 0.25) is 0 Å². The Morgan fingerprint density at radius 3 is 2.58 bits per heavy atom. The lowest BCUT2D eigenvalue weighted by atomic mass is 10.1. The second-order valence-corrected chi connectivity index (χ2v) is 7.03. The standard InChI is InChI=1S/C19H13BrO3S/c1-23-15-6-2-12(3-7-15)4-8-17(21)16-11-13-10-14(20)5-9-18(13)24-19(16)22/h2-11H,1H3/b8-4-. The van der Waals surface area contributed by atoms with Crippen LogP contribution < -0.4 is 9.48 Å². The maximum absolute atomic E-state index is 12.4. The van der Waals surface area contributed by atoms with Gasteiger partial charge in [-0.1, -0.05) is 45.5 Å². The van der Waals surface area contributed by atoms with Gasteiger partial charge in [-0.25, -0.2) is 0 Å². The third-order valence-electron chi connectivity index (χ3n) is 3.50. The molecule has 0 unspecified atom stereocenters. The third kappa shape index (κ3) is 3.63. The van der Waals surface area contributed by atoms with E-state index in [4.69, 9.17) is 4.74 Å². The van der Waals surface area contributed by atoms with Crippen molar-refractivity contribution >= 4 is 49.2 Å². The number of halogens is 1. The average molecular weight is 401 g/mol. The quantitative estimate of drug-likeness (QED) is 0.460. The highest BCUT2D eigenvalue weighted by Crippen LogP contribution is 2.22. The summed E-state index contributed by atoms with van der Waals surface area (Å²) in [4.78, 5) is 24.6. The Labute approximate surface area is 151 Å². The zero-order valence-corrected chi connectivity index (χ0v) is 15.2. The summed E-state index contributed by atoms with van der Waals surface area (Å²) in [5, 5.41) is 0.871. The van der Waals surface area contributed by atoms with Crippen molar-refractivity contribution in [2.45, 2.75) is 0 Å². The molecule has 1 aromatic heterocycles. The van der Waals surface area contributed by atoms with E-state index >= 15 is 0 Å². The monoisotopic (exact) mass is 400 g/mol. The summed E-state index contributed by atoms with van der Waals surface area (Å²) in [6.45, 7) is 0. The highest BCUT2D eigenvalue weighted by Gasteiger charge is 2.10. The molecule has 0 N–H and O–H groups in total. The number of carbonyl (C=O) groups is 1. The number of benzene rings is 2. The van der Waals surface area contributed by atoms with Gasteiger partial charge in [0.15, 0.2) is 5.78 Å². The number of ketones is 1. The summed E-state index contributed by atoms with van der Waals surface area (Å²) >= 11 is 4.49. The van der Waals surface area contributed by atoms with Gasteiger partial charge in [0.2, 0.25) is 4.74 Å². The topological polar surface area (TPSA) is 43.4 Å². The molecule has 0 radical (unpaired) electrons. The molecule has 0 aliphatic heterocycles. The first-order valence-electron chi connectivity index (χ1n) is 7.17. The van der Waals surface area contributed by atoms with E-state index in [2.05, 4.69) is 15.9 Å². The highest BCUT2D eigenvalue weighted by molar-refractivity contribution is 9.10. The maximum Gasteiger partial charge on any atom is 0.244 e. The second kappa shape index (κ2) is 7.11. The zero-order chi connectivity index (χ0) is 17.1. The van der Waals surface area contributed by atoms with E-state index in [1.54, 1.807) is 19.3 Å². The van der Waals surface area contributed by atoms with Crippen LogP contribution in [0, 0.1) is 0 Å². The number of ether oxygens (including phenoxy) is 1. The van der Waals surface area contributed by atoms with Gasteiger partial charge in [0.05, 0.1) is 12.7 Å². The van der Waals surface area contributed by atoms with Crippen LogP contribution in [0.4, 0.5) is 0 Å². The first-order valence-corrected chi connectivity index (χ1v) is 8.77. The molecule has 1 heterocycles. The third-order valence-corrected chi connectivity index (χ3v) is 4.99. The summed E-state index contributed by atoms with van der Waals surface area (Å²) in [6, 6.07) is 14.6. The summed E-state index contributed by atoms with van der Waals surface area (Å²) < 4.78 is 6.64. The Bertz CT molecular complexity index is 988. The lowest BCUT2D eigenvalue weighted by molar-refractivity contribution is 0.104. The van der Waals surface area contributed by atoms with Crippen molar-refractivity contribution < 1.29 is 9.53 Å². The minimum Gasteiger partial charge on any atom is -0.497 e. The van der Waals surface area contributed by atoms with Crippen molar-refractivity contribution in [1.82, 2.24) is 0 Å². The molecular weight excluding hydrogens is 388 g/mol. The van der Waals surface area contributed by atoms with Gasteiger partial charge >= 0.3 is 0 Å². The van der Waals surface area contributed by atoms with Crippen LogP contribution in [0.15, 0.2) is 63.9 Å². The molecule has 5 heteroatoms. The van der Waals surface area contributed by atoms with Crippen molar-refractivity contribution in [3.05, 3.63) is 79.7 Å². The molecule has 0 aliphatic carbocycles. The molecule has 120 valence electrons. The largest absolute Gasteiger partial charge is 0.497 e. The van der Waals surface area contributed by atoms with Gasteiger partial charge in [0.1, 0.15) is 5.75 Å². The molecule has 3 aromatic rings. The Morgan fingerprint density at radius 2 is 1.88 bits per heavy atom. The Morgan fingerprint density at radius 1 is 1.12 bits per heavy atom. The molecule has 0 saturated carbocycles. The minimum absolute atomic E-state index is 0.190. The van der Waals surface area contributed by atoms with Crippen molar-refractivity contribution in [3.8, 4) is 5.75 Å². The van der Waals surface area contributed by atoms with E-state index in [-0.39, 0.29) is 16.1 Å². The van der Waals surface area contributed by atoms with Gasteiger partial charge in [0, 0.05) is 9.17 Å². The highest BCUT2D eigenvalue weighted by atomic mass is 79.9. The summed E-state index contributed by atoms with van der Waals surface area (Å²) in [7, 11) is 1.60. The van der Waals surface area contributed by atoms with Gasteiger partial charge in [-0.05, 0) is 53.4 Å². The van der Waals surface area contributed by atoms with Gasteiger partial charge < -0.3 is 4.74 Å². The van der Waals surface area contributed by atoms with E-state index in [1.165, 1.54) is 6.08 Å². The van der Waals surface area contributed by atoms with E-state index in [0.29, 0.717) is 0 Å². The summed E-state index contributed by atoms with van der Waals surface area (Å²) in [5.74, 6) is 0.455. The smallest absolute Gasteiger partial charge is 0.244 e. The molecule has 0 aliphatic rings. The lowest BCUT2D eigenvalue weighted by Crippen LogP contribution is -2.09. The van der Waals surface area contributed by atoms with Crippen LogP contribution in [0.3, 0.4) is 0 Å². The fourth-order valence-electron chi connectivity index (χ4n) is 2.24. The number of allylic oxidation sites excluding steroid dienone is 1. The van der Waals surface area contributed by atoms with Crippen molar-refractivity contribution in [2.75, 3.05) is 7.11 Å². The number of methoxy groups -OCH3 is 1. The van der Waals surface area contributed by atoms with E-state index in [1.807, 2.05) is 42.5 Å². The molecule has 0 saturated heterocycles. The molecule has 2 aromatic carbocycles. The summed E-state index contributed by atoms with van der Waals surface area (Å²) in [6.07, 6.45) is 3.12. The second-order valence-electron chi connectivity index (χ2n) is 5.10. The van der Waals surface area contributed by atoms with Gasteiger partial charge in [0.25, 0.3) is 0 Å². The molecule has 3 rings (SSSR count). The Kier molecular flexibility index (Phi) is 4.92. The molecule has 3 nitrogen and oxygen atoms in total. The van der Waals surface area contributed by atoms with Gasteiger partial charge in [-0.2, -0.15) is 0 Å². The maximum atomic E-state index is 12.4. The van der Waals surface area contributed by atoms with E-state index in [0.717, 1.165) is 37.2 Å². The number of hydrogen-bond acceptors (Lipinski definition) is 4. The molecule has 0 fully saturated rings. The average Bonchev–Trinajstić information content (AvgIpc) is 2.60. The van der Waals surface area contributed by atoms with Crippen molar-refractivity contribution in [2.24, 2.45) is 0 Å². The molecule has 24 heavy (non-hydrogen) atoms. The number of fused-ring (bicyclic) bond motifs is 1. The molecule has 0 amide bonds. The van der Waals surface area contributed by atoms with Crippen LogP contribution >= 0.6 is 27.3 Å². The zero-order valence-electron chi connectivity index (χ0n) is 12.8. The molecule has 0 atom stereocenters. The fraction of sp³-hybridized carbons (Fsp3) is 0.0526. The number of carbonyl (C=O) groups excluding carboxylic acids is 1. The number of rotatable bonds is 4. The van der Waals surface area contributed by atoms with Crippen molar-refractivity contribution in [3.63, 3.8) is 0 Å². The van der Waals surface area contributed by atoms with E-state index < -0.39 is 0 Å². The Hall–Kier alpha value is -2.24. The molecular formula is C19H13BrO3S. The Balaban J connectivity index is 1.91. The first kappa shape index (κ1) is 16.6. The minimum atomic E-state index is -0.297. The first-order chi connectivity index (χ1) is 11.6. The summed E-state index contributed by atoms with van der Waals surface area (Å²) in [5.41, 5.74) is 1.05. The fourth-order valence-corrected chi connectivity index (χ4v) is 3.46. The van der Waals surface area contributed by atoms with Crippen LogP contribution in [-0.4, -0.2) is 12.9 Å². The lowest BCUT2D eigenvalue weighted by Gasteiger charge is -2.01. The SMILES string of the molecule is COc1ccc(/C=C\C(=O)c2cc3cc(Br)ccc3sc2=O)cc1. The van der Waals surface area contributed by atoms with Crippen LogP contribution in [0.25, 0.3) is 16.2 Å². The van der Waals surface area contributed by atoms with Crippen LogP contribution in [0.5, 0.6) is 5.75 Å². The van der Waals surface area contributed by atoms with Gasteiger partial charge in [-0.15, -0.1) is 0 Å². The molecule has 0 bridgehead atoms. The predicted octanol–water partition coefficient (Wildman–Crippen LogP) is 4.93. The van der Waals surface area contributed by atoms with Crippen molar-refractivity contribution in [1.29, 1.82) is 0 Å². The number of hydrogen-bond donors (Lipinski definition) is 0. The predicted molar refractivity (Wildman–Crippen MR) is 102 cm³/mol. The van der Waals surface area contributed by atoms with Crippen LogP contribution in [0.1, 0.15) is 15.9 Å². The van der Waals surface area contributed by atoms with Gasteiger partial charge in [-0.3, -0.25) is 9.59 Å². The van der Waals surface area contributed by atoms with Crippen LogP contribution in [-0.2, 0) is 0 Å². The van der Waals surface area contributed by atoms with E-state index in [9.17, 15) is 9.59 Å².